The van der Waals surface area contributed by atoms with Gasteiger partial charge in [0.1, 0.15) is 0 Å². The SMILES string of the molecule is Cc1ccc(-n2c(SCC(=O)c3ccc4c(c3)CCC(=O)N4)nc3ccccc3c2=O)cc1. The fraction of sp³-hybridized carbons (Fsp3) is 0.154. The number of carbonyl (C=O) groups excluding carboxylic acids is 2. The maximum Gasteiger partial charge on any atom is 0.266 e. The number of nitrogens with one attached hydrogen (secondary N) is 1. The second-order valence-corrected chi connectivity index (χ2v) is 8.96. The molecule has 0 spiro atoms. The minimum atomic E-state index is -0.163. The molecule has 4 aromatic rings. The predicted octanol–water partition coefficient (Wildman–Crippen LogP) is 4.55. The van der Waals surface area contributed by atoms with E-state index < -0.39 is 0 Å². The van der Waals surface area contributed by atoms with Crippen LogP contribution >= 0.6 is 11.8 Å². The van der Waals surface area contributed by atoms with Crippen molar-refractivity contribution in [3.63, 3.8) is 0 Å². The van der Waals surface area contributed by atoms with Crippen LogP contribution in [-0.4, -0.2) is 27.0 Å². The van der Waals surface area contributed by atoms with E-state index in [0.717, 1.165) is 16.8 Å². The molecule has 6 nitrogen and oxygen atoms in total. The lowest BCUT2D eigenvalue weighted by Crippen LogP contribution is -2.22. The van der Waals surface area contributed by atoms with E-state index in [0.29, 0.717) is 40.2 Å². The van der Waals surface area contributed by atoms with Crippen LogP contribution in [0, 0.1) is 6.92 Å². The van der Waals surface area contributed by atoms with Gasteiger partial charge in [0, 0.05) is 17.7 Å². The standard InChI is InChI=1S/C26H21N3O3S/c1-16-6-10-19(11-7-16)29-25(32)20-4-2-3-5-22(20)28-26(29)33-15-23(30)18-8-12-21-17(14-18)9-13-24(31)27-21/h2-8,10-12,14H,9,13,15H2,1H3,(H,27,31). The van der Waals surface area contributed by atoms with Gasteiger partial charge in [0.2, 0.25) is 5.91 Å². The predicted molar refractivity (Wildman–Crippen MR) is 131 cm³/mol. The zero-order valence-electron chi connectivity index (χ0n) is 18.0. The number of Topliss-reactive ketones (excluding diaryl/α,β-unsaturated/α-hetero) is 1. The third kappa shape index (κ3) is 4.19. The smallest absolute Gasteiger partial charge is 0.266 e. The molecule has 0 aliphatic carbocycles. The van der Waals surface area contributed by atoms with E-state index >= 15 is 0 Å². The maximum atomic E-state index is 13.3. The number of aryl methyl sites for hydroxylation is 2. The molecule has 1 N–H and O–H groups in total. The maximum absolute atomic E-state index is 13.3. The highest BCUT2D eigenvalue weighted by Gasteiger charge is 2.18. The van der Waals surface area contributed by atoms with Gasteiger partial charge in [0.25, 0.3) is 5.56 Å². The molecule has 1 amide bonds. The summed E-state index contributed by atoms with van der Waals surface area (Å²) in [5, 5.41) is 3.84. The summed E-state index contributed by atoms with van der Waals surface area (Å²) < 4.78 is 1.57. The van der Waals surface area contributed by atoms with Crippen LogP contribution in [0.1, 0.15) is 27.9 Å². The van der Waals surface area contributed by atoms with Gasteiger partial charge in [-0.3, -0.25) is 19.0 Å². The molecule has 0 saturated carbocycles. The van der Waals surface area contributed by atoms with Gasteiger partial charge in [-0.05, 0) is 61.4 Å². The molecule has 0 saturated heterocycles. The van der Waals surface area contributed by atoms with E-state index in [-0.39, 0.29) is 23.0 Å². The fourth-order valence-corrected chi connectivity index (χ4v) is 4.81. The van der Waals surface area contributed by atoms with Crippen LogP contribution in [0.2, 0.25) is 0 Å². The van der Waals surface area contributed by atoms with Gasteiger partial charge >= 0.3 is 0 Å². The van der Waals surface area contributed by atoms with Crippen molar-refractivity contribution in [3.8, 4) is 5.69 Å². The lowest BCUT2D eigenvalue weighted by Gasteiger charge is -2.17. The molecule has 2 heterocycles. The number of hydrogen-bond acceptors (Lipinski definition) is 5. The van der Waals surface area contributed by atoms with E-state index in [2.05, 4.69) is 5.32 Å². The third-order valence-corrected chi connectivity index (χ3v) is 6.63. The minimum absolute atomic E-state index is 0.00594. The van der Waals surface area contributed by atoms with Gasteiger partial charge in [0.05, 0.1) is 22.3 Å². The van der Waals surface area contributed by atoms with Crippen LogP contribution in [0.15, 0.2) is 76.7 Å². The van der Waals surface area contributed by atoms with Crippen molar-refractivity contribution in [1.29, 1.82) is 0 Å². The van der Waals surface area contributed by atoms with Gasteiger partial charge in [-0.1, -0.05) is 41.6 Å². The largest absolute Gasteiger partial charge is 0.326 e. The van der Waals surface area contributed by atoms with Gasteiger partial charge in [-0.2, -0.15) is 0 Å². The van der Waals surface area contributed by atoms with Crippen molar-refractivity contribution >= 4 is 40.0 Å². The zero-order valence-corrected chi connectivity index (χ0v) is 18.8. The van der Waals surface area contributed by atoms with Crippen molar-refractivity contribution < 1.29 is 9.59 Å². The number of anilines is 1. The van der Waals surface area contributed by atoms with E-state index in [1.165, 1.54) is 11.8 Å². The molecular weight excluding hydrogens is 434 g/mol. The molecule has 7 heteroatoms. The molecule has 0 unspecified atom stereocenters. The topological polar surface area (TPSA) is 81.1 Å². The lowest BCUT2D eigenvalue weighted by atomic mass is 9.99. The van der Waals surface area contributed by atoms with Crippen molar-refractivity contribution in [2.45, 2.75) is 24.9 Å². The van der Waals surface area contributed by atoms with E-state index in [1.807, 2.05) is 49.4 Å². The number of amides is 1. The summed E-state index contributed by atoms with van der Waals surface area (Å²) in [5.41, 5.74) is 4.55. The second kappa shape index (κ2) is 8.67. The normalized spacial score (nSPS) is 12.9. The Hall–Kier alpha value is -3.71. The third-order valence-electron chi connectivity index (χ3n) is 5.69. The minimum Gasteiger partial charge on any atom is -0.326 e. The Morgan fingerprint density at radius 2 is 1.82 bits per heavy atom. The van der Waals surface area contributed by atoms with Crippen LogP contribution in [0.4, 0.5) is 5.69 Å². The molecule has 0 radical (unpaired) electrons. The van der Waals surface area contributed by atoms with Crippen LogP contribution in [0.3, 0.4) is 0 Å². The van der Waals surface area contributed by atoms with Gasteiger partial charge in [-0.25, -0.2) is 4.98 Å². The quantitative estimate of drug-likeness (QED) is 0.271. The second-order valence-electron chi connectivity index (χ2n) is 8.02. The number of benzene rings is 3. The first-order valence-corrected chi connectivity index (χ1v) is 11.7. The molecule has 0 fully saturated rings. The molecule has 1 aliphatic heterocycles. The fourth-order valence-electron chi connectivity index (χ4n) is 3.90. The number of rotatable bonds is 5. The van der Waals surface area contributed by atoms with Crippen LogP contribution in [0.5, 0.6) is 0 Å². The van der Waals surface area contributed by atoms with Gasteiger partial charge in [-0.15, -0.1) is 0 Å². The summed E-state index contributed by atoms with van der Waals surface area (Å²) in [6, 6.07) is 20.3. The first-order chi connectivity index (χ1) is 16.0. The van der Waals surface area contributed by atoms with Crippen LogP contribution in [0.25, 0.3) is 16.6 Å². The molecule has 3 aromatic carbocycles. The highest BCUT2D eigenvalue weighted by atomic mass is 32.2. The van der Waals surface area contributed by atoms with Crippen molar-refractivity contribution in [3.05, 3.63) is 93.8 Å². The number of fused-ring (bicyclic) bond motifs is 2. The molecule has 33 heavy (non-hydrogen) atoms. The first-order valence-electron chi connectivity index (χ1n) is 10.7. The Labute approximate surface area is 194 Å². The summed E-state index contributed by atoms with van der Waals surface area (Å²) in [4.78, 5) is 42.6. The number of ketones is 1. The first kappa shape index (κ1) is 21.2. The summed E-state index contributed by atoms with van der Waals surface area (Å²) in [5.74, 6) is 0.0769. The van der Waals surface area contributed by atoms with Crippen molar-refractivity contribution in [2.24, 2.45) is 0 Å². The van der Waals surface area contributed by atoms with E-state index in [4.69, 9.17) is 4.98 Å². The highest BCUT2D eigenvalue weighted by Crippen LogP contribution is 2.26. The van der Waals surface area contributed by atoms with Crippen LogP contribution < -0.4 is 10.9 Å². The Morgan fingerprint density at radius 1 is 1.03 bits per heavy atom. The molecule has 164 valence electrons. The average molecular weight is 456 g/mol. The summed E-state index contributed by atoms with van der Waals surface area (Å²) in [6.07, 6.45) is 1.04. The van der Waals surface area contributed by atoms with Crippen molar-refractivity contribution in [2.75, 3.05) is 11.1 Å². The number of nitrogens with zero attached hydrogens (tertiary/aromatic N) is 2. The molecule has 1 aliphatic rings. The number of para-hydroxylation sites is 1. The number of carbonyl (C=O) groups is 2. The molecule has 1 aromatic heterocycles. The van der Waals surface area contributed by atoms with E-state index in [9.17, 15) is 14.4 Å². The Kier molecular flexibility index (Phi) is 5.56. The monoisotopic (exact) mass is 455 g/mol. The summed E-state index contributed by atoms with van der Waals surface area (Å²) in [6.45, 7) is 1.99. The Morgan fingerprint density at radius 3 is 2.64 bits per heavy atom. The Balaban J connectivity index is 1.48. The lowest BCUT2D eigenvalue weighted by molar-refractivity contribution is -0.116. The van der Waals surface area contributed by atoms with Crippen LogP contribution in [-0.2, 0) is 11.2 Å². The zero-order chi connectivity index (χ0) is 22.9. The van der Waals surface area contributed by atoms with Crippen molar-refractivity contribution in [1.82, 2.24) is 9.55 Å². The average Bonchev–Trinajstić information content (AvgIpc) is 2.83. The number of thioether (sulfide) groups is 1. The van der Waals surface area contributed by atoms with E-state index in [1.54, 1.807) is 28.8 Å². The molecule has 5 rings (SSSR count). The summed E-state index contributed by atoms with van der Waals surface area (Å²) >= 11 is 1.25. The molecule has 0 bridgehead atoms. The number of hydrogen-bond donors (Lipinski definition) is 1. The highest BCUT2D eigenvalue weighted by molar-refractivity contribution is 7.99. The number of aromatic nitrogens is 2. The van der Waals surface area contributed by atoms with Gasteiger partial charge in [0.15, 0.2) is 10.9 Å². The summed E-state index contributed by atoms with van der Waals surface area (Å²) in [7, 11) is 0. The molecular formula is C26H21N3O3S. The Bertz CT molecular complexity index is 1460. The molecule has 0 atom stereocenters. The van der Waals surface area contributed by atoms with Gasteiger partial charge < -0.3 is 5.32 Å².